The van der Waals surface area contributed by atoms with Crippen molar-refractivity contribution < 1.29 is 14.4 Å². The number of benzene rings is 3. The van der Waals surface area contributed by atoms with Crippen LogP contribution in [0.25, 0.3) is 0 Å². The van der Waals surface area contributed by atoms with E-state index >= 15 is 0 Å². The van der Waals surface area contributed by atoms with Crippen LogP contribution in [0.15, 0.2) is 66.7 Å². The Balaban J connectivity index is 1.38. The number of hydrogen-bond acceptors (Lipinski definition) is 2. The van der Waals surface area contributed by atoms with E-state index in [0.717, 1.165) is 26.1 Å². The maximum absolute atomic E-state index is 12.5. The molecule has 2 N–H and O–H groups in total. The van der Waals surface area contributed by atoms with Gasteiger partial charge < -0.3 is 15.0 Å². The molecule has 1 heterocycles. The van der Waals surface area contributed by atoms with Gasteiger partial charge in [-0.2, -0.15) is 0 Å². The van der Waals surface area contributed by atoms with Gasteiger partial charge in [-0.3, -0.25) is 4.79 Å². The quantitative estimate of drug-likeness (QED) is 0.676. The van der Waals surface area contributed by atoms with E-state index in [1.807, 2.05) is 24.3 Å². The second kappa shape index (κ2) is 8.68. The zero-order valence-corrected chi connectivity index (χ0v) is 17.1. The highest BCUT2D eigenvalue weighted by Gasteiger charge is 2.19. The SMILES string of the molecule is COc1ccc(NC(=O)c2ccc(C[NH+]3CCc4ccccc4C3)cc2)cc1Cl. The standard InChI is InChI=1S/C24H23ClN2O2/c1-29-23-11-10-21(14-22(23)25)26-24(28)19-8-6-17(7-9-19)15-27-13-12-18-4-2-3-5-20(18)16-27/h2-11,14H,12-13,15-16H2,1H3,(H,26,28)/p+1. The highest BCUT2D eigenvalue weighted by atomic mass is 35.5. The molecular weight excluding hydrogens is 384 g/mol. The number of anilines is 1. The van der Waals surface area contributed by atoms with Gasteiger partial charge in [-0.1, -0.05) is 48.0 Å². The van der Waals surface area contributed by atoms with E-state index in [2.05, 4.69) is 29.6 Å². The smallest absolute Gasteiger partial charge is 0.255 e. The van der Waals surface area contributed by atoms with Crippen molar-refractivity contribution in [3.63, 3.8) is 0 Å². The molecule has 3 aromatic rings. The number of ether oxygens (including phenoxy) is 1. The minimum absolute atomic E-state index is 0.156. The van der Waals surface area contributed by atoms with Gasteiger partial charge >= 0.3 is 0 Å². The first-order valence-electron chi connectivity index (χ1n) is 9.76. The summed E-state index contributed by atoms with van der Waals surface area (Å²) in [6.45, 7) is 3.15. The van der Waals surface area contributed by atoms with Gasteiger partial charge in [0.2, 0.25) is 0 Å². The average Bonchev–Trinajstić information content (AvgIpc) is 2.74. The second-order valence-corrected chi connectivity index (χ2v) is 7.78. The molecule has 0 saturated carbocycles. The lowest BCUT2D eigenvalue weighted by Gasteiger charge is -2.26. The van der Waals surface area contributed by atoms with Gasteiger partial charge in [-0.05, 0) is 35.9 Å². The Morgan fingerprint density at radius 3 is 2.55 bits per heavy atom. The summed E-state index contributed by atoms with van der Waals surface area (Å²) >= 11 is 6.13. The van der Waals surface area contributed by atoms with Gasteiger partial charge in [-0.15, -0.1) is 0 Å². The Kier molecular flexibility index (Phi) is 5.84. The number of methoxy groups -OCH3 is 1. The number of amides is 1. The zero-order chi connectivity index (χ0) is 20.2. The highest BCUT2D eigenvalue weighted by Crippen LogP contribution is 2.27. The highest BCUT2D eigenvalue weighted by molar-refractivity contribution is 6.32. The van der Waals surface area contributed by atoms with Crippen LogP contribution in [0.3, 0.4) is 0 Å². The van der Waals surface area contributed by atoms with Crippen molar-refractivity contribution in [1.29, 1.82) is 0 Å². The molecule has 4 rings (SSSR count). The monoisotopic (exact) mass is 407 g/mol. The number of rotatable bonds is 5. The van der Waals surface area contributed by atoms with Gasteiger partial charge in [0.15, 0.2) is 0 Å². The van der Waals surface area contributed by atoms with Crippen LogP contribution >= 0.6 is 11.6 Å². The number of fused-ring (bicyclic) bond motifs is 1. The molecule has 1 aliphatic rings. The zero-order valence-electron chi connectivity index (χ0n) is 16.4. The molecule has 1 atom stereocenters. The van der Waals surface area contributed by atoms with Crippen molar-refractivity contribution in [3.05, 3.63) is 94.0 Å². The summed E-state index contributed by atoms with van der Waals surface area (Å²) in [5.74, 6) is 0.425. The van der Waals surface area contributed by atoms with Crippen molar-refractivity contribution in [2.75, 3.05) is 19.0 Å². The lowest BCUT2D eigenvalue weighted by molar-refractivity contribution is -0.929. The number of hydrogen-bond donors (Lipinski definition) is 2. The number of quaternary nitrogens is 1. The third kappa shape index (κ3) is 4.61. The van der Waals surface area contributed by atoms with E-state index in [-0.39, 0.29) is 5.91 Å². The first kappa shape index (κ1) is 19.5. The number of halogens is 1. The molecule has 0 spiro atoms. The minimum atomic E-state index is -0.156. The number of carbonyl (C=O) groups excluding carboxylic acids is 1. The molecule has 29 heavy (non-hydrogen) atoms. The molecule has 0 aliphatic carbocycles. The summed E-state index contributed by atoms with van der Waals surface area (Å²) in [7, 11) is 1.56. The third-order valence-electron chi connectivity index (χ3n) is 5.39. The minimum Gasteiger partial charge on any atom is -0.495 e. The van der Waals surface area contributed by atoms with E-state index in [1.165, 1.54) is 16.7 Å². The van der Waals surface area contributed by atoms with E-state index < -0.39 is 0 Å². The molecule has 3 aromatic carbocycles. The fourth-order valence-electron chi connectivity index (χ4n) is 3.80. The van der Waals surface area contributed by atoms with Crippen molar-refractivity contribution in [2.24, 2.45) is 0 Å². The molecule has 0 saturated heterocycles. The molecule has 1 unspecified atom stereocenters. The fraction of sp³-hybridized carbons (Fsp3) is 0.208. The van der Waals surface area contributed by atoms with Gasteiger partial charge in [-0.25, -0.2) is 0 Å². The van der Waals surface area contributed by atoms with Crippen LogP contribution in [-0.2, 0) is 19.5 Å². The van der Waals surface area contributed by atoms with E-state index in [9.17, 15) is 4.79 Å². The summed E-state index contributed by atoms with van der Waals surface area (Å²) in [5, 5.41) is 3.34. The van der Waals surface area contributed by atoms with Crippen molar-refractivity contribution in [2.45, 2.75) is 19.5 Å². The van der Waals surface area contributed by atoms with Gasteiger partial charge in [0.05, 0.1) is 18.7 Å². The predicted octanol–water partition coefficient (Wildman–Crippen LogP) is 3.74. The second-order valence-electron chi connectivity index (χ2n) is 7.37. The lowest BCUT2D eigenvalue weighted by Crippen LogP contribution is -3.10. The first-order valence-corrected chi connectivity index (χ1v) is 10.1. The molecule has 1 aliphatic heterocycles. The molecule has 0 fully saturated rings. The largest absolute Gasteiger partial charge is 0.495 e. The average molecular weight is 408 g/mol. The van der Waals surface area contributed by atoms with Gasteiger partial charge in [0.1, 0.15) is 18.8 Å². The van der Waals surface area contributed by atoms with Crippen molar-refractivity contribution >= 4 is 23.2 Å². The number of nitrogens with one attached hydrogen (secondary N) is 2. The number of carbonyl (C=O) groups is 1. The molecular formula is C24H24ClN2O2+. The summed E-state index contributed by atoms with van der Waals surface area (Å²) in [5.41, 5.74) is 5.43. The molecule has 0 radical (unpaired) electrons. The van der Waals surface area contributed by atoms with Crippen molar-refractivity contribution in [3.8, 4) is 5.75 Å². The first-order chi connectivity index (χ1) is 14.1. The summed E-state index contributed by atoms with van der Waals surface area (Å²) < 4.78 is 5.14. The van der Waals surface area contributed by atoms with Crippen LogP contribution in [0.5, 0.6) is 5.75 Å². The van der Waals surface area contributed by atoms with Crippen LogP contribution < -0.4 is 15.0 Å². The maximum Gasteiger partial charge on any atom is 0.255 e. The summed E-state index contributed by atoms with van der Waals surface area (Å²) in [6, 6.07) is 21.7. The van der Waals surface area contributed by atoms with Crippen LogP contribution in [-0.4, -0.2) is 19.6 Å². The Bertz CT molecular complexity index is 1020. The topological polar surface area (TPSA) is 42.8 Å². The molecule has 0 bridgehead atoms. The van der Waals surface area contributed by atoms with E-state index in [4.69, 9.17) is 16.3 Å². The summed E-state index contributed by atoms with van der Waals surface area (Å²) in [6.07, 6.45) is 1.12. The summed E-state index contributed by atoms with van der Waals surface area (Å²) in [4.78, 5) is 14.1. The van der Waals surface area contributed by atoms with Crippen LogP contribution in [0, 0.1) is 0 Å². The molecule has 1 amide bonds. The third-order valence-corrected chi connectivity index (χ3v) is 5.68. The van der Waals surface area contributed by atoms with E-state index in [1.54, 1.807) is 30.2 Å². The van der Waals surface area contributed by atoms with Crippen LogP contribution in [0.2, 0.25) is 5.02 Å². The van der Waals surface area contributed by atoms with Crippen LogP contribution in [0.4, 0.5) is 5.69 Å². The Morgan fingerprint density at radius 2 is 1.83 bits per heavy atom. The maximum atomic E-state index is 12.5. The fourth-order valence-corrected chi connectivity index (χ4v) is 4.06. The van der Waals surface area contributed by atoms with Crippen molar-refractivity contribution in [1.82, 2.24) is 0 Å². The Labute approximate surface area is 176 Å². The molecule has 5 heteroatoms. The normalized spacial score (nSPS) is 15.4. The Hall–Kier alpha value is -2.82. The molecule has 0 aromatic heterocycles. The lowest BCUT2D eigenvalue weighted by atomic mass is 9.99. The van der Waals surface area contributed by atoms with Gasteiger partial charge in [0.25, 0.3) is 5.91 Å². The predicted molar refractivity (Wildman–Crippen MR) is 116 cm³/mol. The molecule has 4 nitrogen and oxygen atoms in total. The Morgan fingerprint density at radius 1 is 1.07 bits per heavy atom. The van der Waals surface area contributed by atoms with Gasteiger partial charge in [0, 0.05) is 28.8 Å². The van der Waals surface area contributed by atoms with E-state index in [0.29, 0.717) is 22.0 Å². The molecule has 148 valence electrons. The van der Waals surface area contributed by atoms with Crippen LogP contribution in [0.1, 0.15) is 27.0 Å².